The molecule has 2 rings (SSSR count). The van der Waals surface area contributed by atoms with Crippen molar-refractivity contribution < 1.29 is 22.7 Å². The van der Waals surface area contributed by atoms with E-state index in [1.165, 1.54) is 12.1 Å². The Labute approximate surface area is 103 Å². The van der Waals surface area contributed by atoms with Gasteiger partial charge in [0.15, 0.2) is 0 Å². The van der Waals surface area contributed by atoms with Gasteiger partial charge in [-0.3, -0.25) is 4.79 Å². The van der Waals surface area contributed by atoms with E-state index in [0.717, 1.165) is 6.07 Å². The number of halogens is 3. The van der Waals surface area contributed by atoms with Gasteiger partial charge >= 0.3 is 12.1 Å². The summed E-state index contributed by atoms with van der Waals surface area (Å²) in [5.41, 5.74) is -0.454. The molecule has 98 valence electrons. The molecule has 0 saturated heterocycles. The fraction of sp³-hybridized carbons (Fsp3) is 0.462. The minimum atomic E-state index is -4.38. The molecule has 1 aliphatic carbocycles. The second-order valence-electron chi connectivity index (χ2n) is 4.29. The normalized spacial score (nSPS) is 22.7. The molecule has 0 N–H and O–H groups in total. The number of rotatable bonds is 3. The second-order valence-corrected chi connectivity index (χ2v) is 4.29. The van der Waals surface area contributed by atoms with Gasteiger partial charge in [-0.2, -0.15) is 13.2 Å². The number of ether oxygens (including phenoxy) is 1. The van der Waals surface area contributed by atoms with Crippen LogP contribution in [0.5, 0.6) is 0 Å². The first kappa shape index (κ1) is 12.9. The zero-order valence-corrected chi connectivity index (χ0v) is 9.83. The highest BCUT2D eigenvalue weighted by atomic mass is 19.4. The smallest absolute Gasteiger partial charge is 0.416 e. The van der Waals surface area contributed by atoms with Crippen molar-refractivity contribution in [1.29, 1.82) is 0 Å². The van der Waals surface area contributed by atoms with Crippen molar-refractivity contribution in [1.82, 2.24) is 0 Å². The maximum atomic E-state index is 12.8. The second kappa shape index (κ2) is 4.63. The van der Waals surface area contributed by atoms with Crippen LogP contribution in [-0.2, 0) is 15.7 Å². The van der Waals surface area contributed by atoms with Gasteiger partial charge in [0.1, 0.15) is 0 Å². The van der Waals surface area contributed by atoms with Crippen LogP contribution in [0.4, 0.5) is 13.2 Å². The lowest BCUT2D eigenvalue weighted by atomic mass is 10.0. The van der Waals surface area contributed by atoms with E-state index in [9.17, 15) is 18.0 Å². The minimum absolute atomic E-state index is 0.197. The van der Waals surface area contributed by atoms with E-state index in [0.29, 0.717) is 6.42 Å². The summed E-state index contributed by atoms with van der Waals surface area (Å²) in [6.07, 6.45) is -3.94. The predicted molar refractivity (Wildman–Crippen MR) is 58.9 cm³/mol. The van der Waals surface area contributed by atoms with Gasteiger partial charge in [0.2, 0.25) is 0 Å². The van der Waals surface area contributed by atoms with Gasteiger partial charge in [-0.15, -0.1) is 0 Å². The average molecular weight is 258 g/mol. The summed E-state index contributed by atoms with van der Waals surface area (Å²) in [4.78, 5) is 11.4. The number of esters is 1. The highest BCUT2D eigenvalue weighted by Gasteiger charge is 2.48. The first-order valence-electron chi connectivity index (χ1n) is 5.78. The number of carbonyl (C=O) groups excluding carboxylic acids is 1. The van der Waals surface area contributed by atoms with Crippen molar-refractivity contribution in [2.45, 2.75) is 25.4 Å². The summed E-state index contributed by atoms with van der Waals surface area (Å²) >= 11 is 0. The molecule has 1 aromatic rings. The van der Waals surface area contributed by atoms with Gasteiger partial charge in [-0.25, -0.2) is 0 Å². The summed E-state index contributed by atoms with van der Waals surface area (Å²) in [6, 6.07) is 5.40. The SMILES string of the molecule is CCOC(=O)[C@@H]1C[C@H]1c1ccccc1C(F)(F)F. The molecule has 0 radical (unpaired) electrons. The van der Waals surface area contributed by atoms with E-state index in [1.807, 2.05) is 0 Å². The highest BCUT2D eigenvalue weighted by Crippen LogP contribution is 2.51. The van der Waals surface area contributed by atoms with Crippen LogP contribution in [0.1, 0.15) is 30.4 Å². The summed E-state index contributed by atoms with van der Waals surface area (Å²) in [5, 5.41) is 0. The quantitative estimate of drug-likeness (QED) is 0.777. The lowest BCUT2D eigenvalue weighted by Crippen LogP contribution is -2.11. The summed E-state index contributed by atoms with van der Waals surface area (Å²) in [5.74, 6) is -1.19. The number of carbonyl (C=O) groups is 1. The predicted octanol–water partition coefficient (Wildman–Crippen LogP) is 3.37. The zero-order valence-electron chi connectivity index (χ0n) is 9.83. The largest absolute Gasteiger partial charge is 0.466 e. The van der Waals surface area contributed by atoms with Crippen LogP contribution < -0.4 is 0 Å². The van der Waals surface area contributed by atoms with E-state index in [1.54, 1.807) is 13.0 Å². The van der Waals surface area contributed by atoms with Gasteiger partial charge < -0.3 is 4.74 Å². The van der Waals surface area contributed by atoms with Crippen molar-refractivity contribution >= 4 is 5.97 Å². The van der Waals surface area contributed by atoms with Gasteiger partial charge in [-0.1, -0.05) is 18.2 Å². The van der Waals surface area contributed by atoms with Crippen molar-refractivity contribution in [3.63, 3.8) is 0 Å². The van der Waals surface area contributed by atoms with E-state index in [4.69, 9.17) is 4.74 Å². The molecule has 0 spiro atoms. The Kier molecular flexibility index (Phi) is 3.32. The molecule has 1 aliphatic rings. The molecule has 0 aromatic heterocycles. The first-order valence-corrected chi connectivity index (χ1v) is 5.78. The average Bonchev–Trinajstić information content (AvgIpc) is 3.08. The Morgan fingerprint density at radius 3 is 2.67 bits per heavy atom. The molecule has 1 aromatic carbocycles. The fourth-order valence-corrected chi connectivity index (χ4v) is 2.13. The molecule has 0 heterocycles. The van der Waals surface area contributed by atoms with E-state index >= 15 is 0 Å². The van der Waals surface area contributed by atoms with Crippen LogP contribution in [-0.4, -0.2) is 12.6 Å². The number of benzene rings is 1. The van der Waals surface area contributed by atoms with Gasteiger partial charge in [0.05, 0.1) is 18.1 Å². The van der Waals surface area contributed by atoms with Crippen LogP contribution in [0.25, 0.3) is 0 Å². The summed E-state index contributed by atoms with van der Waals surface area (Å²) in [6.45, 7) is 1.93. The van der Waals surface area contributed by atoms with E-state index in [2.05, 4.69) is 0 Å². The lowest BCUT2D eigenvalue weighted by Gasteiger charge is -2.12. The molecule has 2 atom stereocenters. The Morgan fingerprint density at radius 2 is 2.06 bits per heavy atom. The minimum Gasteiger partial charge on any atom is -0.466 e. The van der Waals surface area contributed by atoms with Gasteiger partial charge in [0, 0.05) is 0 Å². The van der Waals surface area contributed by atoms with Crippen LogP contribution >= 0.6 is 0 Å². The third-order valence-corrected chi connectivity index (χ3v) is 3.05. The van der Waals surface area contributed by atoms with E-state index < -0.39 is 23.6 Å². The third kappa shape index (κ3) is 2.49. The first-order chi connectivity index (χ1) is 8.45. The Morgan fingerprint density at radius 1 is 1.39 bits per heavy atom. The Bertz CT molecular complexity index is 454. The van der Waals surface area contributed by atoms with Crippen molar-refractivity contribution in [3.8, 4) is 0 Å². The molecule has 5 heteroatoms. The van der Waals surface area contributed by atoms with Gasteiger partial charge in [-0.05, 0) is 30.9 Å². The number of alkyl halides is 3. The molecule has 18 heavy (non-hydrogen) atoms. The zero-order chi connectivity index (χ0) is 13.3. The Balaban J connectivity index is 2.19. The lowest BCUT2D eigenvalue weighted by molar-refractivity contribution is -0.145. The van der Waals surface area contributed by atoms with Crippen molar-refractivity contribution in [2.75, 3.05) is 6.61 Å². The molecule has 2 nitrogen and oxygen atoms in total. The third-order valence-electron chi connectivity index (χ3n) is 3.05. The molecular weight excluding hydrogens is 245 g/mol. The summed E-state index contributed by atoms with van der Waals surface area (Å²) < 4.78 is 43.2. The van der Waals surface area contributed by atoms with Crippen molar-refractivity contribution in [3.05, 3.63) is 35.4 Å². The molecule has 0 unspecified atom stereocenters. The van der Waals surface area contributed by atoms with Crippen LogP contribution in [0.15, 0.2) is 24.3 Å². The maximum absolute atomic E-state index is 12.8. The topological polar surface area (TPSA) is 26.3 Å². The maximum Gasteiger partial charge on any atom is 0.416 e. The molecule has 0 amide bonds. The standard InChI is InChI=1S/C13H13F3O2/c1-2-18-12(17)10-7-9(10)8-5-3-4-6-11(8)13(14,15)16/h3-6,9-10H,2,7H2,1H3/t9-,10+/m0/s1. The van der Waals surface area contributed by atoms with Crippen LogP contribution in [0.3, 0.4) is 0 Å². The van der Waals surface area contributed by atoms with Gasteiger partial charge in [0.25, 0.3) is 0 Å². The molecular formula is C13H13F3O2. The van der Waals surface area contributed by atoms with Crippen LogP contribution in [0, 0.1) is 5.92 Å². The number of hydrogen-bond acceptors (Lipinski definition) is 2. The van der Waals surface area contributed by atoms with E-state index in [-0.39, 0.29) is 18.1 Å². The fourth-order valence-electron chi connectivity index (χ4n) is 2.13. The molecule has 0 aliphatic heterocycles. The molecule has 1 fully saturated rings. The van der Waals surface area contributed by atoms with Crippen molar-refractivity contribution in [2.24, 2.45) is 5.92 Å². The van der Waals surface area contributed by atoms with Crippen LogP contribution in [0.2, 0.25) is 0 Å². The molecule has 0 bridgehead atoms. The number of hydrogen-bond donors (Lipinski definition) is 0. The Hall–Kier alpha value is -1.52. The molecule has 1 saturated carbocycles. The highest BCUT2D eigenvalue weighted by molar-refractivity contribution is 5.77. The summed E-state index contributed by atoms with van der Waals surface area (Å²) in [7, 11) is 0. The monoisotopic (exact) mass is 258 g/mol.